The van der Waals surface area contributed by atoms with Gasteiger partial charge in [-0.2, -0.15) is 0 Å². The normalized spacial score (nSPS) is 10.9. The van der Waals surface area contributed by atoms with Crippen molar-refractivity contribution in [3.8, 4) is 0 Å². The molecular formula is C15H11ClFNS2. The molecule has 0 saturated carbocycles. The van der Waals surface area contributed by atoms with Gasteiger partial charge < -0.3 is 5.32 Å². The summed E-state index contributed by atoms with van der Waals surface area (Å²) in [6.45, 7) is 0. The molecular weight excluding hydrogens is 313 g/mol. The highest BCUT2D eigenvalue weighted by molar-refractivity contribution is 7.11. The van der Waals surface area contributed by atoms with E-state index in [0.717, 1.165) is 5.69 Å². The molecule has 3 aromatic rings. The van der Waals surface area contributed by atoms with Crippen LogP contribution in [0.5, 0.6) is 0 Å². The lowest BCUT2D eigenvalue weighted by Crippen LogP contribution is -2.09. The summed E-state index contributed by atoms with van der Waals surface area (Å²) < 4.78 is 13.2. The van der Waals surface area contributed by atoms with E-state index in [4.69, 9.17) is 11.6 Å². The van der Waals surface area contributed by atoms with Crippen molar-refractivity contribution in [2.75, 3.05) is 5.32 Å². The monoisotopic (exact) mass is 323 g/mol. The first-order valence-corrected chi connectivity index (χ1v) is 8.16. The highest BCUT2D eigenvalue weighted by atomic mass is 35.5. The third-order valence-electron chi connectivity index (χ3n) is 2.89. The first-order valence-electron chi connectivity index (χ1n) is 6.02. The Labute approximate surface area is 129 Å². The molecule has 1 aromatic carbocycles. The SMILES string of the molecule is Fc1ccc(NC(c2cccs2)c2cccs2)cc1Cl. The van der Waals surface area contributed by atoms with E-state index in [-0.39, 0.29) is 11.1 Å². The first kappa shape index (κ1) is 13.6. The minimum atomic E-state index is -0.402. The van der Waals surface area contributed by atoms with Crippen molar-refractivity contribution >= 4 is 40.0 Å². The fraction of sp³-hybridized carbons (Fsp3) is 0.0667. The second kappa shape index (κ2) is 5.95. The van der Waals surface area contributed by atoms with Crippen LogP contribution in [0.4, 0.5) is 10.1 Å². The molecule has 0 radical (unpaired) electrons. The summed E-state index contributed by atoms with van der Waals surface area (Å²) in [6.07, 6.45) is 0. The van der Waals surface area contributed by atoms with Gasteiger partial charge in [0.05, 0.1) is 11.1 Å². The van der Waals surface area contributed by atoms with Crippen LogP contribution in [0.3, 0.4) is 0 Å². The molecule has 0 amide bonds. The Bertz CT molecular complexity index is 646. The molecule has 0 aliphatic carbocycles. The molecule has 20 heavy (non-hydrogen) atoms. The molecule has 0 aliphatic heterocycles. The third-order valence-corrected chi connectivity index (χ3v) is 5.05. The Morgan fingerprint density at radius 3 is 2.15 bits per heavy atom. The maximum atomic E-state index is 13.2. The quantitative estimate of drug-likeness (QED) is 0.639. The predicted molar refractivity (Wildman–Crippen MR) is 85.5 cm³/mol. The van der Waals surface area contributed by atoms with E-state index in [1.807, 2.05) is 12.1 Å². The molecule has 0 spiro atoms. The Kier molecular flexibility index (Phi) is 4.05. The fourth-order valence-corrected chi connectivity index (χ4v) is 3.79. The molecule has 2 aromatic heterocycles. The summed E-state index contributed by atoms with van der Waals surface area (Å²) in [4.78, 5) is 2.43. The molecule has 3 rings (SSSR count). The molecule has 102 valence electrons. The van der Waals surface area contributed by atoms with Crippen molar-refractivity contribution in [3.63, 3.8) is 0 Å². The molecule has 0 aliphatic rings. The first-order chi connectivity index (χ1) is 9.74. The maximum absolute atomic E-state index is 13.2. The van der Waals surface area contributed by atoms with E-state index in [1.165, 1.54) is 15.8 Å². The Morgan fingerprint density at radius 1 is 1.00 bits per heavy atom. The number of hydrogen-bond donors (Lipinski definition) is 1. The van der Waals surface area contributed by atoms with Crippen LogP contribution in [-0.2, 0) is 0 Å². The standard InChI is InChI=1S/C15H11ClFNS2/c16-11-9-10(5-6-12(11)17)18-15(13-3-1-7-19-13)14-4-2-8-20-14/h1-9,15,18H. The molecule has 0 unspecified atom stereocenters. The van der Waals surface area contributed by atoms with Crippen molar-refractivity contribution in [1.29, 1.82) is 0 Å². The smallest absolute Gasteiger partial charge is 0.141 e. The molecule has 5 heteroatoms. The second-order valence-electron chi connectivity index (χ2n) is 4.24. The molecule has 0 bridgehead atoms. The molecule has 2 heterocycles. The van der Waals surface area contributed by atoms with Gasteiger partial charge in [-0.05, 0) is 41.1 Å². The summed E-state index contributed by atoms with van der Waals surface area (Å²) in [7, 11) is 0. The Morgan fingerprint density at radius 2 is 1.65 bits per heavy atom. The lowest BCUT2D eigenvalue weighted by molar-refractivity contribution is 0.628. The van der Waals surface area contributed by atoms with Crippen LogP contribution < -0.4 is 5.32 Å². The average Bonchev–Trinajstić information content (AvgIpc) is 3.12. The number of hydrogen-bond acceptors (Lipinski definition) is 3. The topological polar surface area (TPSA) is 12.0 Å². The highest BCUT2D eigenvalue weighted by Crippen LogP contribution is 2.33. The van der Waals surface area contributed by atoms with Crippen molar-refractivity contribution in [1.82, 2.24) is 0 Å². The minimum absolute atomic E-state index is 0.0662. The molecule has 1 N–H and O–H groups in total. The van der Waals surface area contributed by atoms with E-state index in [9.17, 15) is 4.39 Å². The second-order valence-corrected chi connectivity index (χ2v) is 6.60. The van der Waals surface area contributed by atoms with Gasteiger partial charge in [0, 0.05) is 15.4 Å². The van der Waals surface area contributed by atoms with Crippen molar-refractivity contribution in [3.05, 3.63) is 73.8 Å². The molecule has 1 nitrogen and oxygen atoms in total. The van der Waals surface area contributed by atoms with Gasteiger partial charge in [-0.15, -0.1) is 22.7 Å². The number of nitrogens with one attached hydrogen (secondary N) is 1. The summed E-state index contributed by atoms with van der Waals surface area (Å²) >= 11 is 9.22. The summed E-state index contributed by atoms with van der Waals surface area (Å²) in [5.74, 6) is -0.402. The fourth-order valence-electron chi connectivity index (χ4n) is 1.95. The number of anilines is 1. The summed E-state index contributed by atoms with van der Waals surface area (Å²) in [5.41, 5.74) is 0.809. The largest absolute Gasteiger partial charge is 0.373 e. The number of halogens is 2. The zero-order chi connectivity index (χ0) is 13.9. The van der Waals surface area contributed by atoms with E-state index in [2.05, 4.69) is 28.2 Å². The Hall–Kier alpha value is -1.36. The van der Waals surface area contributed by atoms with Crippen LogP contribution >= 0.6 is 34.3 Å². The van der Waals surface area contributed by atoms with Gasteiger partial charge in [-0.3, -0.25) is 0 Å². The average molecular weight is 324 g/mol. The molecule has 0 saturated heterocycles. The lowest BCUT2D eigenvalue weighted by atomic mass is 10.2. The zero-order valence-electron chi connectivity index (χ0n) is 10.3. The van der Waals surface area contributed by atoms with Crippen LogP contribution in [0, 0.1) is 5.82 Å². The van der Waals surface area contributed by atoms with Gasteiger partial charge in [-0.1, -0.05) is 23.7 Å². The zero-order valence-corrected chi connectivity index (χ0v) is 12.7. The predicted octanol–water partition coefficient (Wildman–Crippen LogP) is 5.80. The van der Waals surface area contributed by atoms with Crippen LogP contribution in [0.15, 0.2) is 53.2 Å². The van der Waals surface area contributed by atoms with Crippen molar-refractivity contribution < 1.29 is 4.39 Å². The third kappa shape index (κ3) is 2.87. The number of thiophene rings is 2. The van der Waals surface area contributed by atoms with Gasteiger partial charge >= 0.3 is 0 Å². The van der Waals surface area contributed by atoms with Crippen molar-refractivity contribution in [2.24, 2.45) is 0 Å². The molecule has 0 atom stereocenters. The van der Waals surface area contributed by atoms with E-state index in [0.29, 0.717) is 0 Å². The van der Waals surface area contributed by atoms with E-state index < -0.39 is 5.82 Å². The summed E-state index contributed by atoms with van der Waals surface area (Å²) in [6, 6.07) is 13.0. The molecule has 0 fully saturated rings. The Balaban J connectivity index is 1.92. The van der Waals surface area contributed by atoms with Crippen LogP contribution in [0.25, 0.3) is 0 Å². The van der Waals surface area contributed by atoms with Crippen LogP contribution in [-0.4, -0.2) is 0 Å². The number of rotatable bonds is 4. The van der Waals surface area contributed by atoms with Crippen LogP contribution in [0.2, 0.25) is 5.02 Å². The van der Waals surface area contributed by atoms with E-state index in [1.54, 1.807) is 34.8 Å². The van der Waals surface area contributed by atoms with Gasteiger partial charge in [0.1, 0.15) is 5.82 Å². The minimum Gasteiger partial charge on any atom is -0.373 e. The number of benzene rings is 1. The van der Waals surface area contributed by atoms with Crippen LogP contribution in [0.1, 0.15) is 15.8 Å². The van der Waals surface area contributed by atoms with Gasteiger partial charge in [-0.25, -0.2) is 4.39 Å². The lowest BCUT2D eigenvalue weighted by Gasteiger charge is -2.17. The maximum Gasteiger partial charge on any atom is 0.141 e. The van der Waals surface area contributed by atoms with E-state index >= 15 is 0 Å². The van der Waals surface area contributed by atoms with Crippen molar-refractivity contribution in [2.45, 2.75) is 6.04 Å². The van der Waals surface area contributed by atoms with Gasteiger partial charge in [0.15, 0.2) is 0 Å². The van der Waals surface area contributed by atoms with Gasteiger partial charge in [0.2, 0.25) is 0 Å². The van der Waals surface area contributed by atoms with Gasteiger partial charge in [0.25, 0.3) is 0 Å². The summed E-state index contributed by atoms with van der Waals surface area (Å²) in [5, 5.41) is 7.65. The highest BCUT2D eigenvalue weighted by Gasteiger charge is 2.16.